The van der Waals surface area contributed by atoms with Crippen LogP contribution in [0.5, 0.6) is 0 Å². The lowest BCUT2D eigenvalue weighted by molar-refractivity contribution is 0.503. The van der Waals surface area contributed by atoms with Gasteiger partial charge in [0, 0.05) is 12.6 Å². The third-order valence-corrected chi connectivity index (χ3v) is 3.76. The molecule has 2 aromatic carbocycles. The van der Waals surface area contributed by atoms with Gasteiger partial charge in [-0.3, -0.25) is 0 Å². The number of benzene rings is 2. The van der Waals surface area contributed by atoms with E-state index >= 15 is 0 Å². The number of aryl methyl sites for hydroxylation is 1. The van der Waals surface area contributed by atoms with Crippen LogP contribution in [-0.4, -0.2) is 12.6 Å². The Kier molecular flexibility index (Phi) is 5.94. The average molecular weight is 285 g/mol. The van der Waals surface area contributed by atoms with E-state index in [-0.39, 0.29) is 5.82 Å². The van der Waals surface area contributed by atoms with Crippen LogP contribution >= 0.6 is 0 Å². The number of hydrogen-bond acceptors (Lipinski definition) is 1. The summed E-state index contributed by atoms with van der Waals surface area (Å²) in [6.07, 6.45) is 1.72. The Hall–Kier alpha value is -1.67. The smallest absolute Gasteiger partial charge is 0.126 e. The lowest BCUT2D eigenvalue weighted by atomic mass is 9.92. The molecule has 0 fully saturated rings. The number of halogens is 1. The lowest BCUT2D eigenvalue weighted by Gasteiger charge is -2.20. The van der Waals surface area contributed by atoms with E-state index in [1.165, 1.54) is 5.56 Å². The third-order valence-electron chi connectivity index (χ3n) is 3.76. The second-order valence-corrected chi connectivity index (χ2v) is 5.80. The zero-order chi connectivity index (χ0) is 15.1. The van der Waals surface area contributed by atoms with E-state index < -0.39 is 0 Å². The molecule has 1 N–H and O–H groups in total. The van der Waals surface area contributed by atoms with E-state index in [4.69, 9.17) is 0 Å². The highest BCUT2D eigenvalue weighted by atomic mass is 19.1. The van der Waals surface area contributed by atoms with Gasteiger partial charge in [0.05, 0.1) is 0 Å². The molecule has 0 amide bonds. The Morgan fingerprint density at radius 1 is 0.952 bits per heavy atom. The highest BCUT2D eigenvalue weighted by Gasteiger charge is 2.13. The molecule has 0 aliphatic rings. The Labute approximate surface area is 127 Å². The van der Waals surface area contributed by atoms with Gasteiger partial charge >= 0.3 is 0 Å². The van der Waals surface area contributed by atoms with Crippen molar-refractivity contribution in [2.24, 2.45) is 0 Å². The molecule has 0 radical (unpaired) electrons. The predicted octanol–water partition coefficient (Wildman–Crippen LogP) is 4.54. The summed E-state index contributed by atoms with van der Waals surface area (Å²) >= 11 is 0. The second kappa shape index (κ2) is 7.94. The van der Waals surface area contributed by atoms with Crippen molar-refractivity contribution in [3.63, 3.8) is 0 Å². The molecule has 0 saturated carbocycles. The van der Waals surface area contributed by atoms with Crippen LogP contribution in [0.25, 0.3) is 0 Å². The van der Waals surface area contributed by atoms with Crippen molar-refractivity contribution in [3.8, 4) is 0 Å². The molecule has 21 heavy (non-hydrogen) atoms. The van der Waals surface area contributed by atoms with E-state index in [0.29, 0.717) is 12.0 Å². The summed E-state index contributed by atoms with van der Waals surface area (Å²) in [6, 6.07) is 18.0. The fourth-order valence-corrected chi connectivity index (χ4v) is 2.52. The number of hydrogen-bond donors (Lipinski definition) is 1. The summed E-state index contributed by atoms with van der Waals surface area (Å²) in [5.74, 6) is 0.314. The van der Waals surface area contributed by atoms with Crippen molar-refractivity contribution < 1.29 is 4.39 Å². The molecule has 2 aromatic rings. The van der Waals surface area contributed by atoms with Gasteiger partial charge in [0.2, 0.25) is 0 Å². The molecule has 112 valence electrons. The predicted molar refractivity (Wildman–Crippen MR) is 87.0 cm³/mol. The van der Waals surface area contributed by atoms with E-state index in [0.717, 1.165) is 24.9 Å². The molecular weight excluding hydrogens is 261 g/mol. The van der Waals surface area contributed by atoms with Crippen LogP contribution in [-0.2, 0) is 6.42 Å². The summed E-state index contributed by atoms with van der Waals surface area (Å²) in [5.41, 5.74) is 2.13. The van der Waals surface area contributed by atoms with Crippen LogP contribution in [0, 0.1) is 5.82 Å². The molecule has 0 heterocycles. The van der Waals surface area contributed by atoms with E-state index in [1.807, 2.05) is 18.2 Å². The largest absolute Gasteiger partial charge is 0.314 e. The molecule has 1 atom stereocenters. The van der Waals surface area contributed by atoms with E-state index in [1.54, 1.807) is 12.1 Å². The minimum atomic E-state index is -0.0962. The zero-order valence-electron chi connectivity index (χ0n) is 12.9. The van der Waals surface area contributed by atoms with Gasteiger partial charge in [0.1, 0.15) is 5.82 Å². The van der Waals surface area contributed by atoms with Gasteiger partial charge in [-0.15, -0.1) is 0 Å². The highest BCUT2D eigenvalue weighted by Crippen LogP contribution is 2.22. The summed E-state index contributed by atoms with van der Waals surface area (Å²) < 4.78 is 13.7. The van der Waals surface area contributed by atoms with Crippen molar-refractivity contribution in [1.82, 2.24) is 5.32 Å². The maximum Gasteiger partial charge on any atom is 0.126 e. The van der Waals surface area contributed by atoms with Gasteiger partial charge in [-0.05, 0) is 36.0 Å². The molecule has 2 heteroatoms. The first-order valence-corrected chi connectivity index (χ1v) is 7.68. The Balaban J connectivity index is 2.04. The van der Waals surface area contributed by atoms with E-state index in [2.05, 4.69) is 43.4 Å². The van der Waals surface area contributed by atoms with Crippen molar-refractivity contribution in [2.75, 3.05) is 6.54 Å². The van der Waals surface area contributed by atoms with Crippen LogP contribution in [0.3, 0.4) is 0 Å². The first-order valence-electron chi connectivity index (χ1n) is 7.68. The van der Waals surface area contributed by atoms with E-state index in [9.17, 15) is 4.39 Å². The monoisotopic (exact) mass is 285 g/mol. The van der Waals surface area contributed by atoms with Gasteiger partial charge in [-0.2, -0.15) is 0 Å². The molecule has 1 unspecified atom stereocenters. The van der Waals surface area contributed by atoms with Crippen LogP contribution in [0.4, 0.5) is 4.39 Å². The van der Waals surface area contributed by atoms with Crippen molar-refractivity contribution >= 4 is 0 Å². The van der Waals surface area contributed by atoms with Crippen LogP contribution in [0.1, 0.15) is 37.3 Å². The minimum Gasteiger partial charge on any atom is -0.314 e. The summed E-state index contributed by atoms with van der Waals surface area (Å²) in [7, 11) is 0. The molecule has 2 rings (SSSR count). The van der Waals surface area contributed by atoms with Crippen molar-refractivity contribution in [1.29, 1.82) is 0 Å². The minimum absolute atomic E-state index is 0.0962. The van der Waals surface area contributed by atoms with Crippen LogP contribution in [0.15, 0.2) is 54.6 Å². The normalized spacial score (nSPS) is 12.6. The van der Waals surface area contributed by atoms with Crippen LogP contribution < -0.4 is 5.32 Å². The Morgan fingerprint density at radius 2 is 1.62 bits per heavy atom. The summed E-state index contributed by atoms with van der Waals surface area (Å²) in [6.45, 7) is 5.23. The SMILES string of the molecule is CC(C)NCC(CCc1ccccc1F)c1ccccc1. The molecular formula is C19H24FN. The Bertz CT molecular complexity index is 536. The zero-order valence-corrected chi connectivity index (χ0v) is 12.9. The molecule has 1 nitrogen and oxygen atoms in total. The molecule has 0 spiro atoms. The topological polar surface area (TPSA) is 12.0 Å². The lowest BCUT2D eigenvalue weighted by Crippen LogP contribution is -2.28. The summed E-state index contributed by atoms with van der Waals surface area (Å²) in [5, 5.41) is 3.50. The van der Waals surface area contributed by atoms with Crippen molar-refractivity contribution in [3.05, 3.63) is 71.5 Å². The molecule has 0 aromatic heterocycles. The third kappa shape index (κ3) is 4.98. The average Bonchev–Trinajstić information content (AvgIpc) is 2.49. The maximum absolute atomic E-state index is 13.7. The molecule has 0 aliphatic carbocycles. The standard InChI is InChI=1S/C19H24FN/c1-15(2)21-14-18(16-8-4-3-5-9-16)13-12-17-10-6-7-11-19(17)20/h3-11,15,18,21H,12-14H2,1-2H3. The van der Waals surface area contributed by atoms with Gasteiger partial charge in [0.25, 0.3) is 0 Å². The maximum atomic E-state index is 13.7. The van der Waals surface area contributed by atoms with Gasteiger partial charge in [0.15, 0.2) is 0 Å². The molecule has 0 bridgehead atoms. The number of nitrogens with one attached hydrogen (secondary N) is 1. The molecule has 0 saturated heterocycles. The second-order valence-electron chi connectivity index (χ2n) is 5.80. The van der Waals surface area contributed by atoms with Crippen molar-refractivity contribution in [2.45, 2.75) is 38.6 Å². The first kappa shape index (κ1) is 15.7. The summed E-state index contributed by atoms with van der Waals surface area (Å²) in [4.78, 5) is 0. The van der Waals surface area contributed by atoms with Gasteiger partial charge < -0.3 is 5.32 Å². The van der Waals surface area contributed by atoms with Gasteiger partial charge in [-0.1, -0.05) is 62.4 Å². The fourth-order valence-electron chi connectivity index (χ4n) is 2.52. The quantitative estimate of drug-likeness (QED) is 0.787. The Morgan fingerprint density at radius 3 is 2.29 bits per heavy atom. The fraction of sp³-hybridized carbons (Fsp3) is 0.368. The van der Waals surface area contributed by atoms with Gasteiger partial charge in [-0.25, -0.2) is 4.39 Å². The number of rotatable bonds is 7. The van der Waals surface area contributed by atoms with Crippen LogP contribution in [0.2, 0.25) is 0 Å². The highest BCUT2D eigenvalue weighted by molar-refractivity contribution is 5.22. The molecule has 0 aliphatic heterocycles. The first-order chi connectivity index (χ1) is 10.2.